The van der Waals surface area contributed by atoms with E-state index >= 15 is 0 Å². The second kappa shape index (κ2) is 9.41. The van der Waals surface area contributed by atoms with Crippen molar-refractivity contribution < 1.29 is 31.3 Å². The summed E-state index contributed by atoms with van der Waals surface area (Å²) in [7, 11) is -3.13. The van der Waals surface area contributed by atoms with Crippen molar-refractivity contribution in [3.05, 3.63) is 58.9 Å². The molecule has 0 saturated heterocycles. The number of aromatic nitrogens is 4. The van der Waals surface area contributed by atoms with Crippen LogP contribution in [-0.4, -0.2) is 36.5 Å². The number of hydrogen-bond donors (Lipinski definition) is 2. The van der Waals surface area contributed by atoms with E-state index < -0.39 is 56.3 Å². The number of carbonyl (C=O) groups is 1. The summed E-state index contributed by atoms with van der Waals surface area (Å²) in [5.74, 6) is -3.49. The first-order valence-corrected chi connectivity index (χ1v) is 12.6. The Labute approximate surface area is 203 Å². The summed E-state index contributed by atoms with van der Waals surface area (Å²) in [5.41, 5.74) is -2.20. The van der Waals surface area contributed by atoms with Crippen LogP contribution in [0.1, 0.15) is 52.5 Å². The first-order chi connectivity index (χ1) is 16.8. The average Bonchev–Trinajstić information content (AvgIpc) is 2.73. The lowest BCUT2D eigenvalue weighted by molar-refractivity contribution is -0.142. The van der Waals surface area contributed by atoms with Gasteiger partial charge in [0.05, 0.1) is 21.6 Å². The number of ether oxygens (including phenoxy) is 1. The summed E-state index contributed by atoms with van der Waals surface area (Å²) in [6.07, 6.45) is 0.233. The third-order valence-corrected chi connectivity index (χ3v) is 6.81. The SMILES string of the molecule is Cc1c(C(F)(F)F)nnc(Oc2ncc(C3CCC3)nc2F)c1C(=O)Nc1cccc(S(C)(=N)=O)c1. The van der Waals surface area contributed by atoms with E-state index in [-0.39, 0.29) is 16.5 Å². The molecule has 0 aliphatic heterocycles. The molecule has 0 spiro atoms. The number of nitrogens with one attached hydrogen (secondary N) is 2. The van der Waals surface area contributed by atoms with Gasteiger partial charge in [-0.25, -0.2) is 19.0 Å². The van der Waals surface area contributed by atoms with Crippen molar-refractivity contribution in [1.29, 1.82) is 4.78 Å². The van der Waals surface area contributed by atoms with E-state index in [1.165, 1.54) is 36.7 Å². The molecule has 1 fully saturated rings. The van der Waals surface area contributed by atoms with E-state index in [4.69, 9.17) is 9.52 Å². The van der Waals surface area contributed by atoms with Crippen molar-refractivity contribution in [2.24, 2.45) is 0 Å². The van der Waals surface area contributed by atoms with Crippen LogP contribution in [0.25, 0.3) is 0 Å². The molecule has 4 rings (SSSR count). The highest BCUT2D eigenvalue weighted by atomic mass is 32.2. The van der Waals surface area contributed by atoms with Gasteiger partial charge in [-0.15, -0.1) is 10.2 Å². The van der Waals surface area contributed by atoms with Crippen LogP contribution in [0.2, 0.25) is 0 Å². The van der Waals surface area contributed by atoms with Crippen LogP contribution in [0.3, 0.4) is 0 Å². The molecule has 2 aromatic heterocycles. The lowest BCUT2D eigenvalue weighted by atomic mass is 9.83. The van der Waals surface area contributed by atoms with Gasteiger partial charge in [0.15, 0.2) is 5.69 Å². The highest BCUT2D eigenvalue weighted by Crippen LogP contribution is 2.37. The Hall–Kier alpha value is -3.68. The number of amides is 1. The molecule has 3 aromatic rings. The van der Waals surface area contributed by atoms with Gasteiger partial charge in [0.25, 0.3) is 23.6 Å². The molecule has 1 aromatic carbocycles. The second-order valence-corrected chi connectivity index (χ2v) is 10.5. The minimum atomic E-state index is -4.93. The van der Waals surface area contributed by atoms with E-state index in [9.17, 15) is 26.6 Å². The van der Waals surface area contributed by atoms with E-state index in [1.54, 1.807) is 0 Å². The molecule has 9 nitrogen and oxygen atoms in total. The maximum Gasteiger partial charge on any atom is 0.435 e. The number of halogens is 4. The van der Waals surface area contributed by atoms with Crippen LogP contribution in [0.4, 0.5) is 23.2 Å². The van der Waals surface area contributed by atoms with E-state index in [1.807, 2.05) is 0 Å². The molecular weight excluding hydrogens is 504 g/mol. The molecule has 0 bridgehead atoms. The Morgan fingerprint density at radius 3 is 2.53 bits per heavy atom. The summed E-state index contributed by atoms with van der Waals surface area (Å²) < 4.78 is 80.0. The van der Waals surface area contributed by atoms with Crippen molar-refractivity contribution >= 4 is 21.3 Å². The Kier molecular flexibility index (Phi) is 6.64. The normalized spacial score (nSPS) is 15.6. The minimum Gasteiger partial charge on any atom is -0.414 e. The molecule has 2 heterocycles. The van der Waals surface area contributed by atoms with Gasteiger partial charge in [-0.2, -0.15) is 17.6 Å². The Morgan fingerprint density at radius 2 is 1.94 bits per heavy atom. The lowest BCUT2D eigenvalue weighted by Crippen LogP contribution is -2.21. The van der Waals surface area contributed by atoms with Gasteiger partial charge in [-0.3, -0.25) is 4.79 Å². The average molecular weight is 525 g/mol. The zero-order chi connectivity index (χ0) is 26.3. The number of alkyl halides is 3. The van der Waals surface area contributed by atoms with Crippen molar-refractivity contribution in [2.75, 3.05) is 11.6 Å². The molecule has 1 aliphatic rings. The van der Waals surface area contributed by atoms with Gasteiger partial charge in [-0.1, -0.05) is 12.5 Å². The van der Waals surface area contributed by atoms with Gasteiger partial charge in [0.1, 0.15) is 5.56 Å². The first-order valence-electron chi connectivity index (χ1n) is 10.6. The van der Waals surface area contributed by atoms with Gasteiger partial charge >= 0.3 is 6.18 Å². The number of benzene rings is 1. The zero-order valence-electron chi connectivity index (χ0n) is 19.0. The fraction of sp³-hybridized carbons (Fsp3) is 0.318. The van der Waals surface area contributed by atoms with Gasteiger partial charge in [-0.05, 0) is 43.5 Å². The van der Waals surface area contributed by atoms with Crippen molar-refractivity contribution in [3.8, 4) is 11.8 Å². The quantitative estimate of drug-likeness (QED) is 0.430. The Bertz CT molecular complexity index is 1440. The third-order valence-electron chi connectivity index (χ3n) is 5.66. The Morgan fingerprint density at radius 1 is 1.22 bits per heavy atom. The standard InChI is InChI=1S/C22H20F4N6O3S/c1-11-16(19(33)29-13-7-4-8-14(9-13)36(2,27)34)20(32-31-17(11)22(24,25)26)35-21-18(23)30-15(10-28-21)12-5-3-6-12/h4,7-10,12,27H,3,5-6H2,1-2H3,(H,29,33). The largest absolute Gasteiger partial charge is 0.435 e. The Balaban J connectivity index is 1.72. The second-order valence-electron chi connectivity index (χ2n) is 8.30. The summed E-state index contributed by atoms with van der Waals surface area (Å²) in [4.78, 5) is 20.9. The molecule has 1 unspecified atom stereocenters. The smallest absolute Gasteiger partial charge is 0.414 e. The maximum atomic E-state index is 14.6. The molecular formula is C22H20F4N6O3S. The third kappa shape index (κ3) is 5.27. The molecule has 36 heavy (non-hydrogen) atoms. The highest BCUT2D eigenvalue weighted by Gasteiger charge is 2.38. The number of rotatable bonds is 6. The van der Waals surface area contributed by atoms with Crippen molar-refractivity contribution in [1.82, 2.24) is 20.2 Å². The van der Waals surface area contributed by atoms with E-state index in [2.05, 4.69) is 25.5 Å². The number of hydrogen-bond acceptors (Lipinski definition) is 8. The molecule has 1 amide bonds. The predicted octanol–water partition coefficient (Wildman–Crippen LogP) is 5.08. The van der Waals surface area contributed by atoms with E-state index in [0.29, 0.717) is 5.69 Å². The summed E-state index contributed by atoms with van der Waals surface area (Å²) in [6, 6.07) is 5.49. The molecule has 1 saturated carbocycles. The summed E-state index contributed by atoms with van der Waals surface area (Å²) >= 11 is 0. The van der Waals surface area contributed by atoms with Crippen LogP contribution >= 0.6 is 0 Å². The molecule has 14 heteroatoms. The van der Waals surface area contributed by atoms with Crippen molar-refractivity contribution in [2.45, 2.75) is 43.2 Å². The van der Waals surface area contributed by atoms with Gasteiger partial charge in [0, 0.05) is 22.8 Å². The van der Waals surface area contributed by atoms with E-state index in [0.717, 1.165) is 26.2 Å². The van der Waals surface area contributed by atoms with Gasteiger partial charge < -0.3 is 10.1 Å². The summed E-state index contributed by atoms with van der Waals surface area (Å²) in [5, 5.41) is 8.89. The van der Waals surface area contributed by atoms with Crippen LogP contribution in [-0.2, 0) is 15.9 Å². The monoisotopic (exact) mass is 524 g/mol. The predicted molar refractivity (Wildman–Crippen MR) is 120 cm³/mol. The highest BCUT2D eigenvalue weighted by molar-refractivity contribution is 7.91. The van der Waals surface area contributed by atoms with Crippen LogP contribution in [0.5, 0.6) is 11.8 Å². The zero-order valence-corrected chi connectivity index (χ0v) is 19.8. The fourth-order valence-electron chi connectivity index (χ4n) is 3.55. The fourth-order valence-corrected chi connectivity index (χ4v) is 4.24. The maximum absolute atomic E-state index is 14.6. The first kappa shape index (κ1) is 25.4. The molecule has 190 valence electrons. The van der Waals surface area contributed by atoms with Crippen molar-refractivity contribution in [3.63, 3.8) is 0 Å². The molecule has 1 aliphatic carbocycles. The molecule has 2 N–H and O–H groups in total. The number of nitrogens with zero attached hydrogens (tertiary/aromatic N) is 4. The molecule has 0 radical (unpaired) electrons. The number of anilines is 1. The topological polar surface area (TPSA) is 131 Å². The molecule has 1 atom stereocenters. The van der Waals surface area contributed by atoms with Gasteiger partial charge in [0.2, 0.25) is 0 Å². The number of carbonyl (C=O) groups excluding carboxylic acids is 1. The minimum absolute atomic E-state index is 0.0610. The van der Waals surface area contributed by atoms with Crippen LogP contribution < -0.4 is 10.1 Å². The summed E-state index contributed by atoms with van der Waals surface area (Å²) in [6.45, 7) is 1.00. The lowest BCUT2D eigenvalue weighted by Gasteiger charge is -2.24. The van der Waals surface area contributed by atoms with Crippen LogP contribution in [0, 0.1) is 17.7 Å². The van der Waals surface area contributed by atoms with Crippen LogP contribution in [0.15, 0.2) is 35.4 Å².